The first kappa shape index (κ1) is 13.0. The smallest absolute Gasteiger partial charge is 0.115 e. The Bertz CT molecular complexity index is 522. The third kappa shape index (κ3) is 3.26. The van der Waals surface area contributed by atoms with E-state index in [4.69, 9.17) is 5.26 Å². The third-order valence-corrected chi connectivity index (χ3v) is 2.92. The van der Waals surface area contributed by atoms with E-state index in [1.807, 2.05) is 24.3 Å². The third-order valence-electron chi connectivity index (χ3n) is 2.92. The highest BCUT2D eigenvalue weighted by atomic mass is 16.3. The molecular weight excluding hydrogens is 238 g/mol. The molecule has 1 radical (unpaired) electrons. The highest BCUT2D eigenvalue weighted by Gasteiger charge is 2.14. The summed E-state index contributed by atoms with van der Waals surface area (Å²) in [5.74, 6) is 1.46. The van der Waals surface area contributed by atoms with Crippen molar-refractivity contribution in [2.24, 2.45) is 0 Å². The quantitative estimate of drug-likeness (QED) is 0.876. The van der Waals surface area contributed by atoms with Crippen LogP contribution in [0.1, 0.15) is 24.0 Å². The molecule has 3 heteroatoms. The van der Waals surface area contributed by atoms with Crippen LogP contribution in [0.15, 0.2) is 48.5 Å². The first-order chi connectivity index (χ1) is 9.20. The van der Waals surface area contributed by atoms with Gasteiger partial charge in [0.2, 0.25) is 0 Å². The molecule has 2 aromatic carbocycles. The molecule has 3 nitrogen and oxygen atoms in total. The van der Waals surface area contributed by atoms with Gasteiger partial charge in [0, 0.05) is 12.3 Å². The summed E-state index contributed by atoms with van der Waals surface area (Å²) in [6.07, 6.45) is 1.06. The van der Waals surface area contributed by atoms with Crippen LogP contribution in [0.25, 0.3) is 0 Å². The molecule has 0 bridgehead atoms. The fraction of sp³-hybridized carbons (Fsp3) is 0.125. The number of phenols is 2. The molecule has 0 aliphatic rings. The highest BCUT2D eigenvalue weighted by Crippen LogP contribution is 2.30. The second-order valence-electron chi connectivity index (χ2n) is 4.23. The number of nitriles is 1. The van der Waals surface area contributed by atoms with E-state index < -0.39 is 0 Å². The molecule has 0 fully saturated rings. The van der Waals surface area contributed by atoms with Crippen LogP contribution in [0.3, 0.4) is 0 Å². The Kier molecular flexibility index (Phi) is 4.04. The molecule has 0 atom stereocenters. The van der Waals surface area contributed by atoms with Crippen molar-refractivity contribution >= 4 is 0 Å². The number of benzene rings is 2. The van der Waals surface area contributed by atoms with Gasteiger partial charge in [-0.1, -0.05) is 24.3 Å². The lowest BCUT2D eigenvalue weighted by Crippen LogP contribution is -2.01. The number of rotatable bonds is 4. The van der Waals surface area contributed by atoms with Crippen molar-refractivity contribution in [3.8, 4) is 17.6 Å². The molecule has 0 aliphatic heterocycles. The van der Waals surface area contributed by atoms with Crippen LogP contribution in [0.4, 0.5) is 0 Å². The summed E-state index contributed by atoms with van der Waals surface area (Å²) >= 11 is 0. The lowest BCUT2D eigenvalue weighted by atomic mass is 9.87. The minimum atomic E-state index is 0.217. The molecule has 19 heavy (non-hydrogen) atoms. The molecule has 2 rings (SSSR count). The summed E-state index contributed by atoms with van der Waals surface area (Å²) in [5.41, 5.74) is 1.94. The van der Waals surface area contributed by atoms with Gasteiger partial charge in [-0.2, -0.15) is 5.26 Å². The highest BCUT2D eigenvalue weighted by molar-refractivity contribution is 5.48. The number of phenolic OH excluding ortho intramolecular Hbond substituents is 2. The van der Waals surface area contributed by atoms with E-state index >= 15 is 0 Å². The number of hydrogen-bond donors (Lipinski definition) is 2. The zero-order valence-corrected chi connectivity index (χ0v) is 10.4. The zero-order chi connectivity index (χ0) is 13.7. The summed E-state index contributed by atoms with van der Waals surface area (Å²) < 4.78 is 0. The molecule has 0 unspecified atom stereocenters. The van der Waals surface area contributed by atoms with Gasteiger partial charge >= 0.3 is 0 Å². The van der Waals surface area contributed by atoms with E-state index in [2.05, 4.69) is 6.07 Å². The van der Waals surface area contributed by atoms with Crippen molar-refractivity contribution in [3.63, 3.8) is 0 Å². The lowest BCUT2D eigenvalue weighted by Gasteiger charge is -2.16. The molecule has 0 aliphatic carbocycles. The Morgan fingerprint density at radius 2 is 1.26 bits per heavy atom. The van der Waals surface area contributed by atoms with Gasteiger partial charge in [-0.05, 0) is 41.8 Å². The van der Waals surface area contributed by atoms with Crippen molar-refractivity contribution in [1.82, 2.24) is 0 Å². The van der Waals surface area contributed by atoms with Crippen LogP contribution in [-0.2, 0) is 0 Å². The molecule has 0 saturated heterocycles. The standard InChI is InChI=1S/C16H14NO2/c17-11-1-2-16(12-3-7-14(18)8-4-12)13-5-9-15(19)10-6-13/h3-10,18-19H,1-2H2. The first-order valence-electron chi connectivity index (χ1n) is 6.02. The molecule has 0 spiro atoms. The second kappa shape index (κ2) is 5.92. The predicted octanol–water partition coefficient (Wildman–Crippen LogP) is 3.37. The van der Waals surface area contributed by atoms with Gasteiger partial charge < -0.3 is 10.2 Å². The predicted molar refractivity (Wildman–Crippen MR) is 72.5 cm³/mol. The molecule has 2 aromatic rings. The summed E-state index contributed by atoms with van der Waals surface area (Å²) in [6, 6.07) is 16.0. The maximum Gasteiger partial charge on any atom is 0.115 e. The Hall–Kier alpha value is -2.47. The largest absolute Gasteiger partial charge is 0.508 e. The van der Waals surface area contributed by atoms with Crippen LogP contribution in [-0.4, -0.2) is 10.2 Å². The van der Waals surface area contributed by atoms with Crippen molar-refractivity contribution < 1.29 is 10.2 Å². The topological polar surface area (TPSA) is 64.2 Å². The normalized spacial score (nSPS) is 10.3. The fourth-order valence-corrected chi connectivity index (χ4v) is 1.96. The molecular formula is C16H14NO2. The molecule has 95 valence electrons. The average molecular weight is 252 g/mol. The van der Waals surface area contributed by atoms with Crippen LogP contribution in [0.2, 0.25) is 0 Å². The lowest BCUT2D eigenvalue weighted by molar-refractivity contribution is 0.475. The molecule has 0 saturated carbocycles. The van der Waals surface area contributed by atoms with Gasteiger partial charge in [0.05, 0.1) is 6.07 Å². The fourth-order valence-electron chi connectivity index (χ4n) is 1.96. The van der Waals surface area contributed by atoms with Gasteiger partial charge in [-0.15, -0.1) is 0 Å². The SMILES string of the molecule is N#CCC[C](c1ccc(O)cc1)c1ccc(O)cc1. The Morgan fingerprint density at radius 3 is 1.63 bits per heavy atom. The summed E-state index contributed by atoms with van der Waals surface area (Å²) in [6.45, 7) is 0. The first-order valence-corrected chi connectivity index (χ1v) is 6.02. The van der Waals surface area contributed by atoms with E-state index in [9.17, 15) is 10.2 Å². The second-order valence-corrected chi connectivity index (χ2v) is 4.23. The maximum atomic E-state index is 9.33. The van der Waals surface area contributed by atoms with Crippen LogP contribution >= 0.6 is 0 Å². The number of nitrogens with zero attached hydrogens (tertiary/aromatic N) is 1. The molecule has 2 N–H and O–H groups in total. The van der Waals surface area contributed by atoms with Crippen molar-refractivity contribution in [3.05, 3.63) is 65.6 Å². The summed E-state index contributed by atoms with van der Waals surface area (Å²) in [5, 5.41) is 27.4. The maximum absolute atomic E-state index is 9.33. The average Bonchev–Trinajstić information content (AvgIpc) is 2.43. The van der Waals surface area contributed by atoms with Gasteiger partial charge in [0.15, 0.2) is 0 Å². The van der Waals surface area contributed by atoms with Gasteiger partial charge in [-0.25, -0.2) is 0 Å². The van der Waals surface area contributed by atoms with Crippen molar-refractivity contribution in [1.29, 1.82) is 5.26 Å². The monoisotopic (exact) mass is 252 g/mol. The Labute approximate surface area is 112 Å². The minimum Gasteiger partial charge on any atom is -0.508 e. The minimum absolute atomic E-state index is 0.217. The van der Waals surface area contributed by atoms with E-state index in [1.165, 1.54) is 0 Å². The van der Waals surface area contributed by atoms with E-state index in [0.29, 0.717) is 12.8 Å². The van der Waals surface area contributed by atoms with Crippen molar-refractivity contribution in [2.75, 3.05) is 0 Å². The van der Waals surface area contributed by atoms with Crippen LogP contribution in [0, 0.1) is 17.2 Å². The molecule has 0 aromatic heterocycles. The van der Waals surface area contributed by atoms with E-state index in [1.54, 1.807) is 24.3 Å². The van der Waals surface area contributed by atoms with Crippen LogP contribution < -0.4 is 0 Å². The summed E-state index contributed by atoms with van der Waals surface area (Å²) in [7, 11) is 0. The van der Waals surface area contributed by atoms with Crippen molar-refractivity contribution in [2.45, 2.75) is 12.8 Å². The van der Waals surface area contributed by atoms with Crippen LogP contribution in [0.5, 0.6) is 11.5 Å². The Morgan fingerprint density at radius 1 is 0.842 bits per heavy atom. The van der Waals surface area contributed by atoms with E-state index in [0.717, 1.165) is 17.0 Å². The van der Waals surface area contributed by atoms with Gasteiger partial charge in [0.25, 0.3) is 0 Å². The van der Waals surface area contributed by atoms with E-state index in [-0.39, 0.29) is 11.5 Å². The Balaban J connectivity index is 2.32. The number of hydrogen-bond acceptors (Lipinski definition) is 3. The molecule has 0 amide bonds. The summed E-state index contributed by atoms with van der Waals surface area (Å²) in [4.78, 5) is 0. The molecule has 0 heterocycles. The number of aromatic hydroxyl groups is 2. The van der Waals surface area contributed by atoms with Gasteiger partial charge in [-0.3, -0.25) is 0 Å². The van der Waals surface area contributed by atoms with Gasteiger partial charge in [0.1, 0.15) is 11.5 Å². The zero-order valence-electron chi connectivity index (χ0n) is 10.4.